The second-order valence-corrected chi connectivity index (χ2v) is 3.30. The Kier molecular flexibility index (Phi) is 2.62. The van der Waals surface area contributed by atoms with Crippen LogP contribution in [0, 0.1) is 6.92 Å². The summed E-state index contributed by atoms with van der Waals surface area (Å²) in [5, 5.41) is 11.6. The number of ether oxygens (including phenoxy) is 1. The van der Waals surface area contributed by atoms with Crippen molar-refractivity contribution in [2.24, 2.45) is 7.05 Å². The number of hydrogen-bond donors (Lipinski definition) is 0. The molecule has 78 valence electrons. The van der Waals surface area contributed by atoms with E-state index in [1.165, 1.54) is 10.4 Å². The molecule has 0 spiro atoms. The van der Waals surface area contributed by atoms with Crippen molar-refractivity contribution in [2.75, 3.05) is 0 Å². The SMILES string of the molecule is Cc1ccc(OCc2nnn(C)n2)cc1. The lowest BCUT2D eigenvalue weighted by atomic mass is 10.2. The molecular formula is C10H12N4O. The summed E-state index contributed by atoms with van der Waals surface area (Å²) < 4.78 is 5.48. The second-order valence-electron chi connectivity index (χ2n) is 3.30. The molecule has 5 nitrogen and oxygen atoms in total. The maximum absolute atomic E-state index is 5.48. The van der Waals surface area contributed by atoms with E-state index in [4.69, 9.17) is 4.74 Å². The van der Waals surface area contributed by atoms with Crippen LogP contribution in [0.5, 0.6) is 5.75 Å². The summed E-state index contributed by atoms with van der Waals surface area (Å²) in [6.45, 7) is 2.38. The standard InChI is InChI=1S/C10H12N4O/c1-8-3-5-9(6-4-8)15-7-10-11-13-14(2)12-10/h3-6H,7H2,1-2H3. The van der Waals surface area contributed by atoms with Crippen molar-refractivity contribution in [3.63, 3.8) is 0 Å². The van der Waals surface area contributed by atoms with Gasteiger partial charge in [0.25, 0.3) is 0 Å². The van der Waals surface area contributed by atoms with Crippen molar-refractivity contribution in [2.45, 2.75) is 13.5 Å². The van der Waals surface area contributed by atoms with E-state index in [0.717, 1.165) is 5.75 Å². The number of nitrogens with zero attached hydrogens (tertiary/aromatic N) is 4. The van der Waals surface area contributed by atoms with Gasteiger partial charge in [-0.25, -0.2) is 0 Å². The Bertz CT molecular complexity index is 435. The first-order chi connectivity index (χ1) is 7.24. The van der Waals surface area contributed by atoms with Gasteiger partial charge < -0.3 is 4.74 Å². The Morgan fingerprint density at radius 3 is 2.60 bits per heavy atom. The van der Waals surface area contributed by atoms with Gasteiger partial charge in [0.2, 0.25) is 5.82 Å². The van der Waals surface area contributed by atoms with Gasteiger partial charge in [-0.2, -0.15) is 4.80 Å². The monoisotopic (exact) mass is 204 g/mol. The molecule has 0 aliphatic rings. The zero-order valence-electron chi connectivity index (χ0n) is 8.71. The van der Waals surface area contributed by atoms with Crippen molar-refractivity contribution in [1.29, 1.82) is 0 Å². The van der Waals surface area contributed by atoms with Crippen LogP contribution in [0.4, 0.5) is 0 Å². The molecule has 2 aromatic rings. The van der Waals surface area contributed by atoms with Crippen LogP contribution in [0.25, 0.3) is 0 Å². The van der Waals surface area contributed by atoms with E-state index in [9.17, 15) is 0 Å². The third-order valence-corrected chi connectivity index (χ3v) is 1.94. The van der Waals surface area contributed by atoms with E-state index in [-0.39, 0.29) is 0 Å². The van der Waals surface area contributed by atoms with Gasteiger partial charge in [-0.05, 0) is 24.3 Å². The topological polar surface area (TPSA) is 52.8 Å². The van der Waals surface area contributed by atoms with E-state index >= 15 is 0 Å². The average Bonchev–Trinajstić information content (AvgIpc) is 2.64. The fourth-order valence-electron chi connectivity index (χ4n) is 1.16. The van der Waals surface area contributed by atoms with Gasteiger partial charge in [0.05, 0.1) is 7.05 Å². The molecule has 15 heavy (non-hydrogen) atoms. The predicted molar refractivity (Wildman–Crippen MR) is 54.3 cm³/mol. The van der Waals surface area contributed by atoms with Crippen LogP contribution < -0.4 is 4.74 Å². The molecule has 0 amide bonds. The molecule has 0 saturated carbocycles. The predicted octanol–water partition coefficient (Wildman–Crippen LogP) is 1.10. The minimum Gasteiger partial charge on any atom is -0.485 e. The molecule has 1 aromatic heterocycles. The number of aromatic nitrogens is 4. The van der Waals surface area contributed by atoms with Gasteiger partial charge in [-0.15, -0.1) is 10.2 Å². The van der Waals surface area contributed by atoms with E-state index in [1.807, 2.05) is 31.2 Å². The van der Waals surface area contributed by atoms with Crippen LogP contribution >= 0.6 is 0 Å². The minimum atomic E-state index is 0.344. The molecule has 0 bridgehead atoms. The Morgan fingerprint density at radius 1 is 1.27 bits per heavy atom. The largest absolute Gasteiger partial charge is 0.485 e. The fraction of sp³-hybridized carbons (Fsp3) is 0.300. The molecule has 5 heteroatoms. The molecule has 2 rings (SSSR count). The molecule has 0 fully saturated rings. The molecule has 0 unspecified atom stereocenters. The number of hydrogen-bond acceptors (Lipinski definition) is 4. The lowest BCUT2D eigenvalue weighted by Crippen LogP contribution is -1.99. The van der Waals surface area contributed by atoms with E-state index in [0.29, 0.717) is 12.4 Å². The molecule has 0 atom stereocenters. The Hall–Kier alpha value is -1.91. The highest BCUT2D eigenvalue weighted by molar-refractivity contribution is 5.26. The molecule has 0 N–H and O–H groups in total. The average molecular weight is 204 g/mol. The van der Waals surface area contributed by atoms with E-state index in [2.05, 4.69) is 15.4 Å². The van der Waals surface area contributed by atoms with Gasteiger partial charge >= 0.3 is 0 Å². The Balaban J connectivity index is 1.96. The Labute approximate surface area is 87.7 Å². The number of rotatable bonds is 3. The van der Waals surface area contributed by atoms with Gasteiger partial charge in [-0.1, -0.05) is 17.7 Å². The van der Waals surface area contributed by atoms with Crippen molar-refractivity contribution >= 4 is 0 Å². The highest BCUT2D eigenvalue weighted by atomic mass is 16.5. The fourth-order valence-corrected chi connectivity index (χ4v) is 1.16. The lowest BCUT2D eigenvalue weighted by molar-refractivity contribution is 0.295. The quantitative estimate of drug-likeness (QED) is 0.751. The molecule has 0 saturated heterocycles. The van der Waals surface area contributed by atoms with Gasteiger partial charge in [-0.3, -0.25) is 0 Å². The number of tetrazole rings is 1. The first kappa shape index (κ1) is 9.64. The summed E-state index contributed by atoms with van der Waals surface area (Å²) in [6, 6.07) is 7.84. The normalized spacial score (nSPS) is 10.3. The van der Waals surface area contributed by atoms with Crippen LogP contribution in [-0.4, -0.2) is 20.2 Å². The summed E-state index contributed by atoms with van der Waals surface area (Å²) >= 11 is 0. The van der Waals surface area contributed by atoms with Crippen molar-refractivity contribution in [1.82, 2.24) is 20.2 Å². The summed E-state index contributed by atoms with van der Waals surface area (Å²) in [6.07, 6.45) is 0. The molecule has 0 aliphatic carbocycles. The number of benzene rings is 1. The summed E-state index contributed by atoms with van der Waals surface area (Å²) in [7, 11) is 1.72. The third kappa shape index (κ3) is 2.52. The van der Waals surface area contributed by atoms with E-state index < -0.39 is 0 Å². The Morgan fingerprint density at radius 2 is 2.00 bits per heavy atom. The van der Waals surface area contributed by atoms with Crippen LogP contribution in [0.3, 0.4) is 0 Å². The maximum Gasteiger partial charge on any atom is 0.212 e. The molecular weight excluding hydrogens is 192 g/mol. The van der Waals surface area contributed by atoms with Crippen molar-refractivity contribution in [3.05, 3.63) is 35.7 Å². The number of aryl methyl sites for hydroxylation is 2. The van der Waals surface area contributed by atoms with Gasteiger partial charge in [0.1, 0.15) is 5.75 Å². The molecule has 0 radical (unpaired) electrons. The first-order valence-electron chi connectivity index (χ1n) is 4.66. The summed E-state index contributed by atoms with van der Waals surface area (Å²) in [5.74, 6) is 1.39. The third-order valence-electron chi connectivity index (χ3n) is 1.94. The molecule has 0 aliphatic heterocycles. The van der Waals surface area contributed by atoms with Crippen LogP contribution in [0.2, 0.25) is 0 Å². The summed E-state index contributed by atoms with van der Waals surface area (Å²) in [4.78, 5) is 1.41. The van der Waals surface area contributed by atoms with Crippen LogP contribution in [-0.2, 0) is 13.7 Å². The lowest BCUT2D eigenvalue weighted by Gasteiger charge is -2.02. The molecule has 1 heterocycles. The van der Waals surface area contributed by atoms with Gasteiger partial charge in [0, 0.05) is 0 Å². The van der Waals surface area contributed by atoms with Crippen molar-refractivity contribution < 1.29 is 4.74 Å². The van der Waals surface area contributed by atoms with E-state index in [1.54, 1.807) is 7.05 Å². The van der Waals surface area contributed by atoms with Crippen LogP contribution in [0.15, 0.2) is 24.3 Å². The second kappa shape index (κ2) is 4.08. The highest BCUT2D eigenvalue weighted by Crippen LogP contribution is 2.12. The first-order valence-corrected chi connectivity index (χ1v) is 4.66. The maximum atomic E-state index is 5.48. The highest BCUT2D eigenvalue weighted by Gasteiger charge is 2.00. The minimum absolute atomic E-state index is 0.344. The zero-order chi connectivity index (χ0) is 10.7. The smallest absolute Gasteiger partial charge is 0.212 e. The summed E-state index contributed by atoms with van der Waals surface area (Å²) in [5.41, 5.74) is 1.21. The van der Waals surface area contributed by atoms with Crippen LogP contribution in [0.1, 0.15) is 11.4 Å². The zero-order valence-corrected chi connectivity index (χ0v) is 8.71. The van der Waals surface area contributed by atoms with Crippen molar-refractivity contribution in [3.8, 4) is 5.75 Å². The van der Waals surface area contributed by atoms with Gasteiger partial charge in [0.15, 0.2) is 6.61 Å². The molecule has 1 aromatic carbocycles.